The van der Waals surface area contributed by atoms with E-state index in [4.69, 9.17) is 11.6 Å². The first-order valence-electron chi connectivity index (χ1n) is 6.93. The Hall–Kier alpha value is -1.33. The Kier molecular flexibility index (Phi) is 5.20. The summed E-state index contributed by atoms with van der Waals surface area (Å²) in [5, 5.41) is 12.4. The van der Waals surface area contributed by atoms with Crippen molar-refractivity contribution in [2.24, 2.45) is 0 Å². The molecule has 0 unspecified atom stereocenters. The molecule has 1 aliphatic carbocycles. The number of aromatic nitrogens is 1. The third kappa shape index (κ3) is 3.41. The van der Waals surface area contributed by atoms with Crippen molar-refractivity contribution in [3.63, 3.8) is 0 Å². The van der Waals surface area contributed by atoms with E-state index < -0.39 is 0 Å². The number of carbonyl (C=O) groups is 1. The number of anilines is 1. The van der Waals surface area contributed by atoms with Gasteiger partial charge in [0.15, 0.2) is 0 Å². The van der Waals surface area contributed by atoms with Crippen LogP contribution in [0.4, 0.5) is 5.82 Å². The number of nitrogens with one attached hydrogen (secondary N) is 1. The van der Waals surface area contributed by atoms with Crippen molar-refractivity contribution in [1.82, 2.24) is 9.88 Å². The summed E-state index contributed by atoms with van der Waals surface area (Å²) >= 11 is 5.94. The Morgan fingerprint density at radius 3 is 2.80 bits per heavy atom. The number of aliphatic hydroxyl groups is 1. The quantitative estimate of drug-likeness (QED) is 0.817. The van der Waals surface area contributed by atoms with E-state index in [2.05, 4.69) is 10.3 Å². The Morgan fingerprint density at radius 2 is 2.20 bits per heavy atom. The summed E-state index contributed by atoms with van der Waals surface area (Å²) in [4.78, 5) is 18.5. The van der Waals surface area contributed by atoms with E-state index in [1.54, 1.807) is 24.1 Å². The molecule has 0 aromatic carbocycles. The highest BCUT2D eigenvalue weighted by atomic mass is 35.5. The summed E-state index contributed by atoms with van der Waals surface area (Å²) in [6.45, 7) is 0.332. The third-order valence-electron chi connectivity index (χ3n) is 3.66. The second kappa shape index (κ2) is 6.90. The summed E-state index contributed by atoms with van der Waals surface area (Å²) in [6, 6.07) is 3.48. The number of rotatable bonds is 5. The molecule has 2 rings (SSSR count). The lowest BCUT2D eigenvalue weighted by atomic mass is 10.1. The highest BCUT2D eigenvalue weighted by Crippen LogP contribution is 2.25. The topological polar surface area (TPSA) is 65.5 Å². The van der Waals surface area contributed by atoms with E-state index in [-0.39, 0.29) is 23.7 Å². The molecule has 5 nitrogen and oxygen atoms in total. The van der Waals surface area contributed by atoms with Crippen LogP contribution in [-0.4, -0.2) is 47.1 Å². The zero-order chi connectivity index (χ0) is 14.5. The predicted molar refractivity (Wildman–Crippen MR) is 79.2 cm³/mol. The lowest BCUT2D eigenvalue weighted by Gasteiger charge is -2.28. The van der Waals surface area contributed by atoms with E-state index in [1.165, 1.54) is 0 Å². The van der Waals surface area contributed by atoms with Crippen LogP contribution in [0.1, 0.15) is 36.0 Å². The van der Waals surface area contributed by atoms with Gasteiger partial charge in [0.2, 0.25) is 0 Å². The first-order valence-corrected chi connectivity index (χ1v) is 7.30. The van der Waals surface area contributed by atoms with Crippen LogP contribution in [0.3, 0.4) is 0 Å². The van der Waals surface area contributed by atoms with Crippen LogP contribution in [0.5, 0.6) is 0 Å². The maximum absolute atomic E-state index is 12.6. The zero-order valence-corrected chi connectivity index (χ0v) is 12.4. The minimum Gasteiger partial charge on any atom is -0.395 e. The minimum absolute atomic E-state index is 0.0278. The van der Waals surface area contributed by atoms with Gasteiger partial charge in [-0.15, -0.1) is 0 Å². The van der Waals surface area contributed by atoms with Crippen LogP contribution < -0.4 is 5.32 Å². The van der Waals surface area contributed by atoms with Crippen LogP contribution in [0, 0.1) is 0 Å². The molecular weight excluding hydrogens is 278 g/mol. The van der Waals surface area contributed by atoms with Crippen molar-refractivity contribution in [1.29, 1.82) is 0 Å². The average molecular weight is 298 g/mol. The van der Waals surface area contributed by atoms with Gasteiger partial charge in [0.25, 0.3) is 5.91 Å². The maximum atomic E-state index is 12.6. The second-order valence-electron chi connectivity index (χ2n) is 4.97. The normalized spacial score (nSPS) is 15.3. The Balaban J connectivity index is 2.24. The van der Waals surface area contributed by atoms with Gasteiger partial charge in [-0.2, -0.15) is 0 Å². The summed E-state index contributed by atoms with van der Waals surface area (Å²) < 4.78 is 0. The van der Waals surface area contributed by atoms with Gasteiger partial charge < -0.3 is 15.3 Å². The van der Waals surface area contributed by atoms with E-state index in [9.17, 15) is 9.90 Å². The van der Waals surface area contributed by atoms with Crippen molar-refractivity contribution in [3.05, 3.63) is 22.8 Å². The number of carbonyl (C=O) groups excluding carboxylic acids is 1. The lowest BCUT2D eigenvalue weighted by molar-refractivity contribution is 0.0638. The first-order chi connectivity index (χ1) is 9.65. The smallest absolute Gasteiger partial charge is 0.254 e. The van der Waals surface area contributed by atoms with Gasteiger partial charge in [-0.05, 0) is 25.0 Å². The molecule has 1 heterocycles. The van der Waals surface area contributed by atoms with Gasteiger partial charge in [0.1, 0.15) is 11.0 Å². The molecule has 0 atom stereocenters. The molecular formula is C14H20ClN3O2. The van der Waals surface area contributed by atoms with Gasteiger partial charge in [-0.3, -0.25) is 4.79 Å². The van der Waals surface area contributed by atoms with Gasteiger partial charge in [0, 0.05) is 25.2 Å². The summed E-state index contributed by atoms with van der Waals surface area (Å²) in [5.41, 5.74) is 0.509. The Morgan fingerprint density at radius 1 is 1.50 bits per heavy atom. The lowest BCUT2D eigenvalue weighted by Crippen LogP contribution is -2.40. The highest BCUT2D eigenvalue weighted by Gasteiger charge is 2.27. The predicted octanol–water partition coefficient (Wildman–Crippen LogP) is 2.15. The molecule has 0 aliphatic heterocycles. The molecule has 20 heavy (non-hydrogen) atoms. The fourth-order valence-corrected chi connectivity index (χ4v) is 2.90. The van der Waals surface area contributed by atoms with Gasteiger partial charge in [-0.1, -0.05) is 24.4 Å². The SMILES string of the molecule is CNc1cc(C(=O)N(CCO)C2CCCC2)cc(Cl)n1. The molecule has 6 heteroatoms. The number of aliphatic hydroxyl groups excluding tert-OH is 1. The molecule has 1 aromatic rings. The van der Waals surface area contributed by atoms with Gasteiger partial charge in [-0.25, -0.2) is 4.98 Å². The number of pyridine rings is 1. The largest absolute Gasteiger partial charge is 0.395 e. The van der Waals surface area contributed by atoms with Crippen LogP contribution in [0.25, 0.3) is 0 Å². The van der Waals surface area contributed by atoms with E-state index in [0.29, 0.717) is 17.9 Å². The van der Waals surface area contributed by atoms with Gasteiger partial charge in [0.05, 0.1) is 6.61 Å². The molecule has 110 valence electrons. The third-order valence-corrected chi connectivity index (χ3v) is 3.86. The molecule has 1 aliphatic rings. The van der Waals surface area contributed by atoms with Gasteiger partial charge >= 0.3 is 0 Å². The number of hydrogen-bond acceptors (Lipinski definition) is 4. The summed E-state index contributed by atoms with van der Waals surface area (Å²) in [7, 11) is 1.73. The molecule has 0 bridgehead atoms. The molecule has 0 radical (unpaired) electrons. The molecule has 1 amide bonds. The number of amides is 1. The zero-order valence-electron chi connectivity index (χ0n) is 11.6. The number of nitrogens with zero attached hydrogens (tertiary/aromatic N) is 2. The summed E-state index contributed by atoms with van der Waals surface area (Å²) in [6.07, 6.45) is 4.28. The molecule has 1 saturated carbocycles. The minimum atomic E-state index is -0.0910. The van der Waals surface area contributed by atoms with Crippen LogP contribution in [0.15, 0.2) is 12.1 Å². The van der Waals surface area contributed by atoms with E-state index >= 15 is 0 Å². The maximum Gasteiger partial charge on any atom is 0.254 e. The molecule has 1 fully saturated rings. The molecule has 2 N–H and O–H groups in total. The fraction of sp³-hybridized carbons (Fsp3) is 0.571. The van der Waals surface area contributed by atoms with Crippen LogP contribution in [0.2, 0.25) is 5.15 Å². The first kappa shape index (κ1) is 15.1. The monoisotopic (exact) mass is 297 g/mol. The van der Waals surface area contributed by atoms with Crippen molar-refractivity contribution >= 4 is 23.3 Å². The number of halogens is 1. The molecule has 1 aromatic heterocycles. The van der Waals surface area contributed by atoms with Crippen molar-refractivity contribution in [3.8, 4) is 0 Å². The number of hydrogen-bond donors (Lipinski definition) is 2. The fourth-order valence-electron chi connectivity index (χ4n) is 2.69. The van der Waals surface area contributed by atoms with Crippen molar-refractivity contribution in [2.45, 2.75) is 31.7 Å². The van der Waals surface area contributed by atoms with E-state index in [0.717, 1.165) is 25.7 Å². The Labute approximate surface area is 123 Å². The van der Waals surface area contributed by atoms with Crippen molar-refractivity contribution in [2.75, 3.05) is 25.5 Å². The average Bonchev–Trinajstić information content (AvgIpc) is 2.97. The summed E-state index contributed by atoms with van der Waals surface area (Å²) in [5.74, 6) is 0.475. The Bertz CT molecular complexity index is 475. The van der Waals surface area contributed by atoms with E-state index in [1.807, 2.05) is 0 Å². The molecule has 0 saturated heterocycles. The van der Waals surface area contributed by atoms with Crippen LogP contribution >= 0.6 is 11.6 Å². The molecule has 0 spiro atoms. The standard InChI is InChI=1S/C14H20ClN3O2/c1-16-13-9-10(8-12(15)17-13)14(20)18(6-7-19)11-4-2-3-5-11/h8-9,11,19H,2-7H2,1H3,(H,16,17). The van der Waals surface area contributed by atoms with Crippen molar-refractivity contribution < 1.29 is 9.90 Å². The van der Waals surface area contributed by atoms with Crippen LogP contribution in [-0.2, 0) is 0 Å². The highest BCUT2D eigenvalue weighted by molar-refractivity contribution is 6.29. The second-order valence-corrected chi connectivity index (χ2v) is 5.36.